The van der Waals surface area contributed by atoms with Crippen molar-refractivity contribution >= 4 is 53.8 Å². The first-order valence-corrected chi connectivity index (χ1v) is 8.30. The van der Waals surface area contributed by atoms with Crippen molar-refractivity contribution < 1.29 is 19.1 Å². The minimum Gasteiger partial charge on any atom is -0.465 e. The molecule has 0 bridgehead atoms. The van der Waals surface area contributed by atoms with Crippen LogP contribution in [0, 0.1) is 0 Å². The van der Waals surface area contributed by atoms with Crippen LogP contribution in [0.2, 0.25) is 0 Å². The summed E-state index contributed by atoms with van der Waals surface area (Å²) in [6.45, 7) is 2.77. The standard InChI is InChI=1S/C19H21N3O4.2ClH/c1-25-19(24)16-12-15(22-7-9-26-10-8-22)5-6-17(16)21-18(23)13-3-2-4-14(20)11-13;;/h2-6,11-12H,7-10,20H2,1H3,(H,21,23);2*1H. The van der Waals surface area contributed by atoms with E-state index in [-0.39, 0.29) is 30.7 Å². The maximum Gasteiger partial charge on any atom is 0.340 e. The summed E-state index contributed by atoms with van der Waals surface area (Å²) in [4.78, 5) is 26.8. The number of rotatable bonds is 4. The molecule has 1 saturated heterocycles. The van der Waals surface area contributed by atoms with E-state index in [9.17, 15) is 9.59 Å². The lowest BCUT2D eigenvalue weighted by Gasteiger charge is -2.29. The Labute approximate surface area is 176 Å². The Hall–Kier alpha value is -2.48. The number of esters is 1. The number of halogens is 2. The van der Waals surface area contributed by atoms with E-state index in [1.807, 2.05) is 6.07 Å². The molecule has 3 rings (SSSR count). The van der Waals surface area contributed by atoms with Gasteiger partial charge >= 0.3 is 5.97 Å². The summed E-state index contributed by atoms with van der Waals surface area (Å²) < 4.78 is 10.2. The molecule has 1 aliphatic rings. The summed E-state index contributed by atoms with van der Waals surface area (Å²) in [7, 11) is 1.31. The van der Waals surface area contributed by atoms with Gasteiger partial charge in [0, 0.05) is 30.0 Å². The number of hydrogen-bond donors (Lipinski definition) is 2. The zero-order valence-corrected chi connectivity index (χ0v) is 17.0. The summed E-state index contributed by atoms with van der Waals surface area (Å²) in [5, 5.41) is 2.76. The van der Waals surface area contributed by atoms with E-state index in [4.69, 9.17) is 15.2 Å². The third-order valence-electron chi connectivity index (χ3n) is 4.18. The van der Waals surface area contributed by atoms with Crippen molar-refractivity contribution in [2.75, 3.05) is 49.4 Å². The maximum absolute atomic E-state index is 12.5. The Balaban J connectivity index is 0.00000196. The first-order chi connectivity index (χ1) is 12.6. The number of carbonyl (C=O) groups is 2. The topological polar surface area (TPSA) is 93.9 Å². The Morgan fingerprint density at radius 3 is 2.46 bits per heavy atom. The van der Waals surface area contributed by atoms with Gasteiger partial charge in [0.05, 0.1) is 31.6 Å². The van der Waals surface area contributed by atoms with Gasteiger partial charge in [-0.2, -0.15) is 0 Å². The minimum absolute atomic E-state index is 0. The average molecular weight is 428 g/mol. The molecule has 2 aromatic carbocycles. The molecule has 0 saturated carbocycles. The summed E-state index contributed by atoms with van der Waals surface area (Å²) in [5.41, 5.74) is 8.21. The fourth-order valence-corrected chi connectivity index (χ4v) is 2.81. The molecule has 1 fully saturated rings. The zero-order chi connectivity index (χ0) is 18.5. The summed E-state index contributed by atoms with van der Waals surface area (Å²) in [6, 6.07) is 11.9. The molecule has 28 heavy (non-hydrogen) atoms. The van der Waals surface area contributed by atoms with Crippen molar-refractivity contribution in [1.82, 2.24) is 0 Å². The highest BCUT2D eigenvalue weighted by molar-refractivity contribution is 6.08. The van der Waals surface area contributed by atoms with Crippen LogP contribution in [-0.4, -0.2) is 45.3 Å². The van der Waals surface area contributed by atoms with Crippen LogP contribution >= 0.6 is 24.8 Å². The fraction of sp³-hybridized carbons (Fsp3) is 0.263. The molecule has 1 aliphatic heterocycles. The Morgan fingerprint density at radius 1 is 1.11 bits per heavy atom. The smallest absolute Gasteiger partial charge is 0.340 e. The predicted octanol–water partition coefficient (Wildman–Crippen LogP) is 2.99. The van der Waals surface area contributed by atoms with Crippen LogP contribution in [0.1, 0.15) is 20.7 Å². The molecule has 0 aromatic heterocycles. The minimum atomic E-state index is -0.511. The first-order valence-electron chi connectivity index (χ1n) is 8.30. The van der Waals surface area contributed by atoms with Crippen LogP contribution < -0.4 is 16.0 Å². The Kier molecular flexibility index (Phi) is 9.05. The van der Waals surface area contributed by atoms with Gasteiger partial charge < -0.3 is 25.4 Å². The number of carbonyl (C=O) groups excluding carboxylic acids is 2. The number of nitrogen functional groups attached to an aromatic ring is 1. The molecule has 0 unspecified atom stereocenters. The predicted molar refractivity (Wildman–Crippen MR) is 114 cm³/mol. The van der Waals surface area contributed by atoms with Crippen LogP contribution in [0.25, 0.3) is 0 Å². The quantitative estimate of drug-likeness (QED) is 0.575. The fourth-order valence-electron chi connectivity index (χ4n) is 2.81. The lowest BCUT2D eigenvalue weighted by molar-refractivity contribution is 0.0602. The van der Waals surface area contributed by atoms with E-state index in [1.165, 1.54) is 7.11 Å². The second kappa shape index (κ2) is 10.8. The highest BCUT2D eigenvalue weighted by Crippen LogP contribution is 2.25. The van der Waals surface area contributed by atoms with E-state index >= 15 is 0 Å². The molecule has 152 valence electrons. The summed E-state index contributed by atoms with van der Waals surface area (Å²) in [6.07, 6.45) is 0. The number of ether oxygens (including phenoxy) is 2. The molecule has 1 amide bonds. The molecule has 0 atom stereocenters. The van der Waals surface area contributed by atoms with Crippen LogP contribution in [-0.2, 0) is 9.47 Å². The maximum atomic E-state index is 12.5. The highest BCUT2D eigenvalue weighted by Gasteiger charge is 2.19. The lowest BCUT2D eigenvalue weighted by Crippen LogP contribution is -2.36. The lowest BCUT2D eigenvalue weighted by atomic mass is 10.1. The van der Waals surface area contributed by atoms with Crippen molar-refractivity contribution in [2.24, 2.45) is 0 Å². The third-order valence-corrected chi connectivity index (χ3v) is 4.18. The normalized spacial score (nSPS) is 13.0. The van der Waals surface area contributed by atoms with E-state index < -0.39 is 5.97 Å². The third kappa shape index (κ3) is 5.51. The van der Waals surface area contributed by atoms with Gasteiger partial charge in [0.15, 0.2) is 0 Å². The molecule has 3 N–H and O–H groups in total. The molecule has 0 radical (unpaired) electrons. The second-order valence-corrected chi connectivity index (χ2v) is 5.90. The monoisotopic (exact) mass is 427 g/mol. The SMILES string of the molecule is COC(=O)c1cc(N2CCOCC2)ccc1NC(=O)c1cccc(N)c1.Cl.Cl. The van der Waals surface area contributed by atoms with E-state index in [0.29, 0.717) is 35.7 Å². The number of hydrogen-bond acceptors (Lipinski definition) is 6. The molecule has 1 heterocycles. The zero-order valence-electron chi connectivity index (χ0n) is 15.3. The van der Waals surface area contributed by atoms with E-state index in [1.54, 1.807) is 36.4 Å². The van der Waals surface area contributed by atoms with E-state index in [2.05, 4.69) is 10.2 Å². The van der Waals surface area contributed by atoms with Gasteiger partial charge in [-0.1, -0.05) is 6.07 Å². The van der Waals surface area contributed by atoms with Gasteiger partial charge in [0.1, 0.15) is 0 Å². The van der Waals surface area contributed by atoms with Gasteiger partial charge in [0.2, 0.25) is 0 Å². The molecule has 7 nitrogen and oxygen atoms in total. The molecular weight excluding hydrogens is 405 g/mol. The van der Waals surface area contributed by atoms with Crippen LogP contribution in [0.15, 0.2) is 42.5 Å². The number of benzene rings is 2. The number of amides is 1. The van der Waals surface area contributed by atoms with Crippen LogP contribution in [0.5, 0.6) is 0 Å². The van der Waals surface area contributed by atoms with Crippen molar-refractivity contribution in [1.29, 1.82) is 0 Å². The van der Waals surface area contributed by atoms with E-state index in [0.717, 1.165) is 18.8 Å². The first kappa shape index (κ1) is 23.6. The molecular formula is C19H23Cl2N3O4. The Bertz CT molecular complexity index is 827. The summed E-state index contributed by atoms with van der Waals surface area (Å²) in [5.74, 6) is -0.857. The summed E-state index contributed by atoms with van der Waals surface area (Å²) >= 11 is 0. The average Bonchev–Trinajstić information content (AvgIpc) is 2.68. The van der Waals surface area contributed by atoms with Crippen LogP contribution in [0.3, 0.4) is 0 Å². The van der Waals surface area contributed by atoms with Crippen LogP contribution in [0.4, 0.5) is 17.1 Å². The molecule has 9 heteroatoms. The number of morpholine rings is 1. The van der Waals surface area contributed by atoms with Crippen molar-refractivity contribution in [3.05, 3.63) is 53.6 Å². The molecule has 0 aliphatic carbocycles. The number of nitrogens with one attached hydrogen (secondary N) is 1. The number of nitrogens with zero attached hydrogens (tertiary/aromatic N) is 1. The Morgan fingerprint density at radius 2 is 1.82 bits per heavy atom. The number of methoxy groups -OCH3 is 1. The van der Waals surface area contributed by atoms with Crippen molar-refractivity contribution in [3.8, 4) is 0 Å². The van der Waals surface area contributed by atoms with Gasteiger partial charge in [-0.25, -0.2) is 4.79 Å². The number of nitrogens with two attached hydrogens (primary N) is 1. The largest absolute Gasteiger partial charge is 0.465 e. The van der Waals surface area contributed by atoms with Gasteiger partial charge in [0.25, 0.3) is 5.91 Å². The van der Waals surface area contributed by atoms with Gasteiger partial charge in [-0.05, 0) is 36.4 Å². The highest BCUT2D eigenvalue weighted by atomic mass is 35.5. The number of anilines is 3. The molecule has 0 spiro atoms. The van der Waals surface area contributed by atoms with Gasteiger partial charge in [-0.15, -0.1) is 24.8 Å². The van der Waals surface area contributed by atoms with Crippen molar-refractivity contribution in [3.63, 3.8) is 0 Å². The van der Waals surface area contributed by atoms with Gasteiger partial charge in [-0.3, -0.25) is 4.79 Å². The van der Waals surface area contributed by atoms with Crippen molar-refractivity contribution in [2.45, 2.75) is 0 Å². The second-order valence-electron chi connectivity index (χ2n) is 5.90. The molecule has 2 aromatic rings.